The molecule has 1 aromatic rings. The highest BCUT2D eigenvalue weighted by Gasteiger charge is 2.32. The minimum Gasteiger partial charge on any atom is -0.494 e. The first-order chi connectivity index (χ1) is 9.64. The number of carbonyl (C=O) groups is 1. The molecule has 0 saturated carbocycles. The monoisotopic (exact) mass is 305 g/mol. The number of anilines is 2. The Morgan fingerprint density at radius 2 is 2.10 bits per heavy atom. The summed E-state index contributed by atoms with van der Waals surface area (Å²) in [6, 6.07) is 3.65. The zero-order chi connectivity index (χ0) is 16.2. The minimum atomic E-state index is -4.36. The van der Waals surface area contributed by atoms with Gasteiger partial charge in [-0.2, -0.15) is 13.2 Å². The quantitative estimate of drug-likeness (QED) is 0.818. The van der Waals surface area contributed by atoms with Crippen LogP contribution in [0.15, 0.2) is 18.2 Å². The molecule has 3 N–H and O–H groups in total. The van der Waals surface area contributed by atoms with Gasteiger partial charge in [0.2, 0.25) is 5.91 Å². The van der Waals surface area contributed by atoms with E-state index in [1.165, 1.54) is 33.2 Å². The zero-order valence-corrected chi connectivity index (χ0v) is 12.0. The predicted octanol–water partition coefficient (Wildman–Crippen LogP) is 2.10. The first-order valence-corrected chi connectivity index (χ1v) is 6.15. The van der Waals surface area contributed by atoms with Gasteiger partial charge in [0.05, 0.1) is 25.4 Å². The number of carbonyl (C=O) groups excluding carboxylic acids is 1. The van der Waals surface area contributed by atoms with E-state index in [4.69, 9.17) is 10.5 Å². The SMILES string of the molecule is COc1cc(N)ccc1NC(=O)C(C)N(C)CC(F)(F)F. The van der Waals surface area contributed by atoms with Gasteiger partial charge in [0.15, 0.2) is 0 Å². The summed E-state index contributed by atoms with van der Waals surface area (Å²) in [5, 5.41) is 2.53. The fraction of sp³-hybridized carbons (Fsp3) is 0.462. The third kappa shape index (κ3) is 5.14. The molecule has 0 spiro atoms. The Labute approximate surface area is 120 Å². The largest absolute Gasteiger partial charge is 0.494 e. The van der Waals surface area contributed by atoms with Gasteiger partial charge in [0, 0.05) is 11.8 Å². The van der Waals surface area contributed by atoms with E-state index >= 15 is 0 Å². The lowest BCUT2D eigenvalue weighted by Gasteiger charge is -2.25. The molecule has 0 heterocycles. The number of nitrogens with two attached hydrogens (primary N) is 1. The standard InChI is InChI=1S/C13H18F3N3O2/c1-8(19(2)7-13(14,15)16)12(20)18-10-5-4-9(17)6-11(10)21-3/h4-6,8H,7,17H2,1-3H3,(H,18,20). The summed E-state index contributed by atoms with van der Waals surface area (Å²) in [6.45, 7) is 0.227. The highest BCUT2D eigenvalue weighted by molar-refractivity contribution is 5.96. The zero-order valence-electron chi connectivity index (χ0n) is 12.0. The van der Waals surface area contributed by atoms with Gasteiger partial charge in [0.25, 0.3) is 0 Å². The van der Waals surface area contributed by atoms with Gasteiger partial charge in [0.1, 0.15) is 5.75 Å². The van der Waals surface area contributed by atoms with E-state index in [-0.39, 0.29) is 0 Å². The fourth-order valence-corrected chi connectivity index (χ4v) is 1.67. The van der Waals surface area contributed by atoms with Crippen molar-refractivity contribution in [3.05, 3.63) is 18.2 Å². The van der Waals surface area contributed by atoms with Crippen LogP contribution in [0.5, 0.6) is 5.75 Å². The average molecular weight is 305 g/mol. The molecule has 0 aliphatic carbocycles. The number of hydrogen-bond donors (Lipinski definition) is 2. The molecule has 8 heteroatoms. The smallest absolute Gasteiger partial charge is 0.401 e. The molecule has 1 amide bonds. The van der Waals surface area contributed by atoms with E-state index in [2.05, 4.69) is 5.32 Å². The maximum Gasteiger partial charge on any atom is 0.401 e. The van der Waals surface area contributed by atoms with Crippen molar-refractivity contribution in [2.75, 3.05) is 31.8 Å². The van der Waals surface area contributed by atoms with Crippen LogP contribution in [0.3, 0.4) is 0 Å². The van der Waals surface area contributed by atoms with E-state index in [1.54, 1.807) is 6.07 Å². The summed E-state index contributed by atoms with van der Waals surface area (Å²) in [7, 11) is 2.64. The Hall–Kier alpha value is -1.96. The fourth-order valence-electron chi connectivity index (χ4n) is 1.67. The number of methoxy groups -OCH3 is 1. The van der Waals surface area contributed by atoms with Gasteiger partial charge in [-0.3, -0.25) is 9.69 Å². The molecule has 1 atom stereocenters. The number of nitrogen functional groups attached to an aromatic ring is 1. The van der Waals surface area contributed by atoms with Gasteiger partial charge in [-0.25, -0.2) is 0 Å². The molecule has 0 saturated heterocycles. The number of ether oxygens (including phenoxy) is 1. The van der Waals surface area contributed by atoms with Crippen molar-refractivity contribution < 1.29 is 22.7 Å². The predicted molar refractivity (Wildman–Crippen MR) is 74.2 cm³/mol. The number of benzene rings is 1. The molecule has 118 valence electrons. The van der Waals surface area contributed by atoms with Crippen molar-refractivity contribution in [1.82, 2.24) is 4.90 Å². The molecule has 0 aliphatic heterocycles. The summed E-state index contributed by atoms with van der Waals surface area (Å²) < 4.78 is 42.0. The van der Waals surface area contributed by atoms with Crippen LogP contribution in [-0.4, -0.2) is 43.7 Å². The summed E-state index contributed by atoms with van der Waals surface area (Å²) in [5.74, 6) is -0.223. The van der Waals surface area contributed by atoms with Crippen LogP contribution in [0.4, 0.5) is 24.5 Å². The summed E-state index contributed by atoms with van der Waals surface area (Å²) in [6.07, 6.45) is -4.36. The molecule has 1 rings (SSSR count). The van der Waals surface area contributed by atoms with E-state index in [0.717, 1.165) is 4.90 Å². The average Bonchev–Trinajstić information content (AvgIpc) is 2.37. The highest BCUT2D eigenvalue weighted by Crippen LogP contribution is 2.27. The van der Waals surface area contributed by atoms with E-state index in [9.17, 15) is 18.0 Å². The Morgan fingerprint density at radius 1 is 1.48 bits per heavy atom. The summed E-state index contributed by atoms with van der Waals surface area (Å²) in [5.41, 5.74) is 6.39. The number of hydrogen-bond acceptors (Lipinski definition) is 4. The van der Waals surface area contributed by atoms with Crippen molar-refractivity contribution >= 4 is 17.3 Å². The number of nitrogens with zero attached hydrogens (tertiary/aromatic N) is 1. The molecule has 1 unspecified atom stereocenters. The van der Waals surface area contributed by atoms with Crippen LogP contribution in [0, 0.1) is 0 Å². The third-order valence-corrected chi connectivity index (χ3v) is 2.95. The first kappa shape index (κ1) is 17.1. The minimum absolute atomic E-state index is 0.342. The molecule has 0 aromatic heterocycles. The van der Waals surface area contributed by atoms with Gasteiger partial charge < -0.3 is 15.8 Å². The maximum atomic E-state index is 12.3. The lowest BCUT2D eigenvalue weighted by atomic mass is 10.2. The first-order valence-electron chi connectivity index (χ1n) is 6.15. The van der Waals surface area contributed by atoms with Gasteiger partial charge >= 0.3 is 6.18 Å². The van der Waals surface area contributed by atoms with Crippen molar-refractivity contribution in [3.8, 4) is 5.75 Å². The second-order valence-electron chi connectivity index (χ2n) is 4.66. The summed E-state index contributed by atoms with van der Waals surface area (Å²) in [4.78, 5) is 12.9. The number of nitrogens with one attached hydrogen (secondary N) is 1. The number of alkyl halides is 3. The Balaban J connectivity index is 2.77. The van der Waals surface area contributed by atoms with Crippen LogP contribution in [-0.2, 0) is 4.79 Å². The van der Waals surface area contributed by atoms with Gasteiger partial charge in [-0.1, -0.05) is 0 Å². The number of rotatable bonds is 5. The Kier molecular flexibility index (Phi) is 5.42. The normalized spacial score (nSPS) is 13.1. The molecule has 0 fully saturated rings. The van der Waals surface area contributed by atoms with Crippen LogP contribution in [0.2, 0.25) is 0 Å². The molecular weight excluding hydrogens is 287 g/mol. The second-order valence-corrected chi connectivity index (χ2v) is 4.66. The number of likely N-dealkylation sites (N-methyl/N-ethyl adjacent to an activating group) is 1. The molecule has 0 bridgehead atoms. The van der Waals surface area contributed by atoms with Crippen LogP contribution < -0.4 is 15.8 Å². The Morgan fingerprint density at radius 3 is 2.62 bits per heavy atom. The molecular formula is C13H18F3N3O2. The maximum absolute atomic E-state index is 12.3. The van der Waals surface area contributed by atoms with E-state index in [1.807, 2.05) is 0 Å². The molecule has 21 heavy (non-hydrogen) atoms. The summed E-state index contributed by atoms with van der Waals surface area (Å²) >= 11 is 0. The lowest BCUT2D eigenvalue weighted by molar-refractivity contribution is -0.149. The van der Waals surface area contributed by atoms with E-state index in [0.29, 0.717) is 17.1 Å². The second kappa shape index (κ2) is 6.66. The van der Waals surface area contributed by atoms with Crippen molar-refractivity contribution in [2.24, 2.45) is 0 Å². The van der Waals surface area contributed by atoms with Crippen LogP contribution >= 0.6 is 0 Å². The van der Waals surface area contributed by atoms with Crippen molar-refractivity contribution in [3.63, 3.8) is 0 Å². The molecule has 5 nitrogen and oxygen atoms in total. The van der Waals surface area contributed by atoms with Crippen LogP contribution in [0.25, 0.3) is 0 Å². The Bertz CT molecular complexity index is 506. The van der Waals surface area contributed by atoms with Gasteiger partial charge in [-0.05, 0) is 26.1 Å². The van der Waals surface area contributed by atoms with Crippen molar-refractivity contribution in [2.45, 2.75) is 19.1 Å². The molecule has 0 aliphatic rings. The molecule has 0 radical (unpaired) electrons. The van der Waals surface area contributed by atoms with Crippen molar-refractivity contribution in [1.29, 1.82) is 0 Å². The topological polar surface area (TPSA) is 67.6 Å². The third-order valence-electron chi connectivity index (χ3n) is 2.95. The lowest BCUT2D eigenvalue weighted by Crippen LogP contribution is -2.44. The van der Waals surface area contributed by atoms with Gasteiger partial charge in [-0.15, -0.1) is 0 Å². The van der Waals surface area contributed by atoms with Crippen LogP contribution in [0.1, 0.15) is 6.92 Å². The van der Waals surface area contributed by atoms with E-state index < -0.39 is 24.7 Å². The number of amides is 1. The molecule has 1 aromatic carbocycles. The number of halogens is 3. The highest BCUT2D eigenvalue weighted by atomic mass is 19.4.